The van der Waals surface area contributed by atoms with Crippen LogP contribution in [0, 0.1) is 0 Å². The zero-order valence-electron chi connectivity index (χ0n) is 15.4. The van der Waals surface area contributed by atoms with Crippen LogP contribution in [0.5, 0.6) is 0 Å². The number of hydrogen-bond acceptors (Lipinski definition) is 3. The molecule has 2 aromatic carbocycles. The lowest BCUT2D eigenvalue weighted by Gasteiger charge is -2.32. The quantitative estimate of drug-likeness (QED) is 0.677. The van der Waals surface area contributed by atoms with E-state index in [-0.39, 0.29) is 18.2 Å². The summed E-state index contributed by atoms with van der Waals surface area (Å²) in [4.78, 5) is 28.2. The number of aromatic nitrogens is 2. The Morgan fingerprint density at radius 2 is 1.83 bits per heavy atom. The Morgan fingerprint density at radius 3 is 2.59 bits per heavy atom. The van der Waals surface area contributed by atoms with Gasteiger partial charge in [-0.05, 0) is 23.8 Å². The highest BCUT2D eigenvalue weighted by atomic mass is 35.5. The minimum atomic E-state index is -1.11. The normalized spacial score (nSPS) is 19.8. The number of nitrogens with one attached hydrogen (secondary N) is 1. The summed E-state index contributed by atoms with van der Waals surface area (Å²) < 4.78 is 1.59. The summed E-state index contributed by atoms with van der Waals surface area (Å²) in [6.07, 6.45) is 3.37. The van der Waals surface area contributed by atoms with Gasteiger partial charge in [0.15, 0.2) is 0 Å². The molecule has 1 N–H and O–H groups in total. The summed E-state index contributed by atoms with van der Waals surface area (Å²) in [5.74, 6) is 0.0845. The van der Waals surface area contributed by atoms with Gasteiger partial charge < -0.3 is 10.2 Å². The molecule has 0 radical (unpaired) electrons. The molecule has 3 heterocycles. The molecule has 144 valence electrons. The molecule has 29 heavy (non-hydrogen) atoms. The van der Waals surface area contributed by atoms with Crippen LogP contribution < -0.4 is 10.2 Å². The number of carbonyl (C=O) groups is 2. The van der Waals surface area contributed by atoms with E-state index in [9.17, 15) is 9.59 Å². The van der Waals surface area contributed by atoms with Crippen molar-refractivity contribution < 1.29 is 9.59 Å². The number of halogens is 1. The summed E-state index contributed by atoms with van der Waals surface area (Å²) in [5.41, 5.74) is 1.79. The van der Waals surface area contributed by atoms with Crippen LogP contribution in [-0.4, -0.2) is 28.1 Å². The summed E-state index contributed by atoms with van der Waals surface area (Å²) in [7, 11) is 0. The molecule has 0 bridgehead atoms. The van der Waals surface area contributed by atoms with E-state index in [1.807, 2.05) is 42.5 Å². The van der Waals surface area contributed by atoms with Gasteiger partial charge in [-0.3, -0.25) is 9.59 Å². The number of para-hydroxylation sites is 2. The van der Waals surface area contributed by atoms with Crippen LogP contribution in [-0.2, 0) is 15.0 Å². The first-order valence-electron chi connectivity index (χ1n) is 9.23. The first-order chi connectivity index (χ1) is 14.1. The van der Waals surface area contributed by atoms with Crippen molar-refractivity contribution in [1.82, 2.24) is 9.78 Å². The lowest BCUT2D eigenvalue weighted by molar-refractivity contribution is -0.126. The van der Waals surface area contributed by atoms with Crippen LogP contribution in [0.3, 0.4) is 0 Å². The van der Waals surface area contributed by atoms with Crippen molar-refractivity contribution in [2.45, 2.75) is 11.8 Å². The number of carbonyl (C=O) groups excluding carboxylic acids is 2. The predicted octanol–water partition coefficient (Wildman–Crippen LogP) is 3.69. The average Bonchev–Trinajstić information content (AvgIpc) is 3.23. The number of fused-ring (bicyclic) bond motifs is 4. The van der Waals surface area contributed by atoms with Crippen LogP contribution in [0.15, 0.2) is 67.4 Å². The summed E-state index contributed by atoms with van der Waals surface area (Å²) in [5, 5.41) is 7.88. The monoisotopic (exact) mass is 404 g/mol. The SMILES string of the molecule is C=CCN1C(=O)C2(CC(=O)Nc3c2cnn3-c2ccccc2Cl)c2ccccc21. The molecule has 2 aliphatic rings. The molecule has 1 atom stereocenters. The minimum absolute atomic E-state index is 0.0255. The standard InChI is InChI=1S/C22H17ClN4O2/c1-2-11-26-17-9-5-3-7-14(17)22(21(26)29)12-19(28)25-20-15(22)13-24-27(20)18-10-6-4-8-16(18)23/h2-10,13H,1,11-12H2,(H,25,28). The van der Waals surface area contributed by atoms with Crippen LogP contribution >= 0.6 is 11.6 Å². The van der Waals surface area contributed by atoms with E-state index in [1.54, 1.807) is 27.9 Å². The molecule has 0 saturated heterocycles. The molecule has 1 unspecified atom stereocenters. The third kappa shape index (κ3) is 2.32. The van der Waals surface area contributed by atoms with Gasteiger partial charge in [-0.25, -0.2) is 4.68 Å². The van der Waals surface area contributed by atoms with E-state index in [1.165, 1.54) is 0 Å². The highest BCUT2D eigenvalue weighted by molar-refractivity contribution is 6.32. The third-order valence-corrected chi connectivity index (χ3v) is 5.89. The topological polar surface area (TPSA) is 67.2 Å². The second-order valence-electron chi connectivity index (χ2n) is 7.12. The van der Waals surface area contributed by atoms with E-state index in [2.05, 4.69) is 17.0 Å². The van der Waals surface area contributed by atoms with Gasteiger partial charge in [0.2, 0.25) is 11.8 Å². The number of benzene rings is 2. The maximum atomic E-state index is 13.7. The smallest absolute Gasteiger partial charge is 0.243 e. The Morgan fingerprint density at radius 1 is 1.10 bits per heavy atom. The zero-order chi connectivity index (χ0) is 20.2. The largest absolute Gasteiger partial charge is 0.310 e. The molecule has 0 aliphatic carbocycles. The molecule has 2 aliphatic heterocycles. The van der Waals surface area contributed by atoms with E-state index < -0.39 is 5.41 Å². The molecule has 1 aromatic heterocycles. The Bertz CT molecular complexity index is 1190. The van der Waals surface area contributed by atoms with Gasteiger partial charge in [0, 0.05) is 24.2 Å². The number of amides is 2. The number of rotatable bonds is 3. The fourth-order valence-electron chi connectivity index (χ4n) is 4.37. The average molecular weight is 405 g/mol. The van der Waals surface area contributed by atoms with Gasteiger partial charge in [-0.15, -0.1) is 6.58 Å². The Hall–Kier alpha value is -3.38. The van der Waals surface area contributed by atoms with Crippen molar-refractivity contribution >= 4 is 34.9 Å². The second kappa shape index (κ2) is 6.32. The highest BCUT2D eigenvalue weighted by Gasteiger charge is 2.56. The fourth-order valence-corrected chi connectivity index (χ4v) is 4.58. The summed E-state index contributed by atoms with van der Waals surface area (Å²) in [6, 6.07) is 14.8. The lowest BCUT2D eigenvalue weighted by atomic mass is 9.72. The van der Waals surface area contributed by atoms with Crippen molar-refractivity contribution in [3.8, 4) is 5.69 Å². The lowest BCUT2D eigenvalue weighted by Crippen LogP contribution is -2.46. The third-order valence-electron chi connectivity index (χ3n) is 5.57. The van der Waals surface area contributed by atoms with Crippen molar-refractivity contribution in [2.75, 3.05) is 16.8 Å². The zero-order valence-corrected chi connectivity index (χ0v) is 16.2. The van der Waals surface area contributed by atoms with Gasteiger partial charge in [0.25, 0.3) is 0 Å². The number of nitrogens with zero attached hydrogens (tertiary/aromatic N) is 3. The number of anilines is 2. The van der Waals surface area contributed by atoms with Crippen LogP contribution in [0.1, 0.15) is 17.5 Å². The molecule has 0 fully saturated rings. The molecule has 1 spiro atoms. The molecular weight excluding hydrogens is 388 g/mol. The molecule has 0 saturated carbocycles. The molecule has 2 amide bonds. The van der Waals surface area contributed by atoms with Crippen LogP contribution in [0.2, 0.25) is 5.02 Å². The van der Waals surface area contributed by atoms with E-state index >= 15 is 0 Å². The Balaban J connectivity index is 1.78. The minimum Gasteiger partial charge on any atom is -0.310 e. The first-order valence-corrected chi connectivity index (χ1v) is 9.61. The van der Waals surface area contributed by atoms with E-state index in [0.29, 0.717) is 28.6 Å². The van der Waals surface area contributed by atoms with Gasteiger partial charge in [-0.2, -0.15) is 5.10 Å². The van der Waals surface area contributed by atoms with Crippen LogP contribution in [0.4, 0.5) is 11.5 Å². The van der Waals surface area contributed by atoms with Crippen molar-refractivity contribution in [2.24, 2.45) is 0 Å². The first kappa shape index (κ1) is 17.7. The van der Waals surface area contributed by atoms with Crippen LogP contribution in [0.25, 0.3) is 5.69 Å². The van der Waals surface area contributed by atoms with E-state index in [0.717, 1.165) is 11.3 Å². The van der Waals surface area contributed by atoms with Gasteiger partial charge >= 0.3 is 0 Å². The predicted molar refractivity (Wildman–Crippen MR) is 112 cm³/mol. The highest BCUT2D eigenvalue weighted by Crippen LogP contribution is 2.52. The Labute approximate surface area is 172 Å². The van der Waals surface area contributed by atoms with E-state index in [4.69, 9.17) is 11.6 Å². The molecular formula is C22H17ClN4O2. The molecule has 6 nitrogen and oxygen atoms in total. The fraction of sp³-hybridized carbons (Fsp3) is 0.136. The molecule has 7 heteroatoms. The van der Waals surface area contributed by atoms with Gasteiger partial charge in [-0.1, -0.05) is 48.0 Å². The van der Waals surface area contributed by atoms with Gasteiger partial charge in [0.1, 0.15) is 11.2 Å². The van der Waals surface area contributed by atoms with Crippen molar-refractivity contribution in [3.63, 3.8) is 0 Å². The maximum absolute atomic E-state index is 13.7. The number of hydrogen-bond donors (Lipinski definition) is 1. The maximum Gasteiger partial charge on any atom is 0.243 e. The molecule has 3 aromatic rings. The molecule has 5 rings (SSSR count). The second-order valence-corrected chi connectivity index (χ2v) is 7.53. The summed E-state index contributed by atoms with van der Waals surface area (Å²) in [6.45, 7) is 4.14. The van der Waals surface area contributed by atoms with Gasteiger partial charge in [0.05, 0.1) is 16.9 Å². The summed E-state index contributed by atoms with van der Waals surface area (Å²) >= 11 is 6.36. The van der Waals surface area contributed by atoms with Crippen molar-refractivity contribution in [3.05, 3.63) is 83.5 Å². The Kier molecular flexibility index (Phi) is 3.86. The van der Waals surface area contributed by atoms with Crippen molar-refractivity contribution in [1.29, 1.82) is 0 Å².